The summed E-state index contributed by atoms with van der Waals surface area (Å²) in [4.78, 5) is 18.3. The molecule has 1 fully saturated rings. The summed E-state index contributed by atoms with van der Waals surface area (Å²) in [5.74, 6) is 0.876. The second-order valence-corrected chi connectivity index (χ2v) is 6.32. The molecular formula is C20H25N3O2. The highest BCUT2D eigenvalue weighted by atomic mass is 16.5. The second kappa shape index (κ2) is 8.62. The van der Waals surface area contributed by atoms with Crippen molar-refractivity contribution in [2.24, 2.45) is 0 Å². The highest BCUT2D eigenvalue weighted by Gasteiger charge is 2.26. The van der Waals surface area contributed by atoms with E-state index in [0.29, 0.717) is 19.2 Å². The zero-order valence-electron chi connectivity index (χ0n) is 14.6. The van der Waals surface area contributed by atoms with Crippen molar-refractivity contribution in [3.8, 4) is 5.75 Å². The molecule has 1 amide bonds. The summed E-state index contributed by atoms with van der Waals surface area (Å²) >= 11 is 0. The van der Waals surface area contributed by atoms with E-state index < -0.39 is 0 Å². The van der Waals surface area contributed by atoms with E-state index in [1.165, 1.54) is 13.3 Å². The number of rotatable bonds is 7. The summed E-state index contributed by atoms with van der Waals surface area (Å²) in [6, 6.07) is 16.3. The van der Waals surface area contributed by atoms with E-state index in [9.17, 15) is 4.79 Å². The van der Waals surface area contributed by atoms with Crippen LogP contribution in [-0.2, 0) is 11.3 Å². The summed E-state index contributed by atoms with van der Waals surface area (Å²) in [7, 11) is 0. The molecule has 1 aliphatic heterocycles. The maximum Gasteiger partial charge on any atom is 0.217 e. The number of para-hydroxylation sites is 1. The third kappa shape index (κ3) is 5.03. The fraction of sp³-hybridized carbons (Fsp3) is 0.400. The molecule has 1 aliphatic rings. The van der Waals surface area contributed by atoms with Crippen LogP contribution in [0.1, 0.15) is 37.2 Å². The van der Waals surface area contributed by atoms with Gasteiger partial charge in [-0.05, 0) is 43.7 Å². The van der Waals surface area contributed by atoms with E-state index in [0.717, 1.165) is 36.6 Å². The van der Waals surface area contributed by atoms with Crippen LogP contribution < -0.4 is 10.1 Å². The Morgan fingerprint density at radius 1 is 1.24 bits per heavy atom. The number of hydrogen-bond acceptors (Lipinski definition) is 4. The van der Waals surface area contributed by atoms with E-state index in [-0.39, 0.29) is 5.91 Å². The van der Waals surface area contributed by atoms with Gasteiger partial charge in [0.25, 0.3) is 0 Å². The average molecular weight is 339 g/mol. The zero-order chi connectivity index (χ0) is 17.5. The molecule has 0 spiro atoms. The van der Waals surface area contributed by atoms with Crippen molar-refractivity contribution in [1.82, 2.24) is 15.2 Å². The highest BCUT2D eigenvalue weighted by molar-refractivity contribution is 5.72. The molecule has 2 aromatic rings. The third-order valence-corrected chi connectivity index (χ3v) is 4.44. The van der Waals surface area contributed by atoms with Gasteiger partial charge in [-0.25, -0.2) is 0 Å². The smallest absolute Gasteiger partial charge is 0.217 e. The van der Waals surface area contributed by atoms with E-state index >= 15 is 0 Å². The zero-order valence-corrected chi connectivity index (χ0v) is 14.6. The first kappa shape index (κ1) is 17.4. The molecule has 1 aromatic heterocycles. The van der Waals surface area contributed by atoms with Crippen LogP contribution in [0.2, 0.25) is 0 Å². The summed E-state index contributed by atoms with van der Waals surface area (Å²) in [5, 5.41) is 2.81. The van der Waals surface area contributed by atoms with Crippen molar-refractivity contribution in [2.45, 2.75) is 32.4 Å². The molecule has 1 atom stereocenters. The SMILES string of the molecule is CC(=O)NCc1cccc(C2CCCN2CCOc2ccccc2)n1. The normalized spacial score (nSPS) is 17.4. The Hall–Kier alpha value is -2.40. The number of nitrogens with one attached hydrogen (secondary N) is 1. The Bertz CT molecular complexity index is 690. The van der Waals surface area contributed by atoms with Gasteiger partial charge in [0.15, 0.2) is 0 Å². The van der Waals surface area contributed by atoms with Gasteiger partial charge in [0.05, 0.1) is 24.0 Å². The lowest BCUT2D eigenvalue weighted by Crippen LogP contribution is -2.29. The van der Waals surface area contributed by atoms with Crippen LogP contribution in [0.5, 0.6) is 5.75 Å². The first-order valence-electron chi connectivity index (χ1n) is 8.84. The van der Waals surface area contributed by atoms with E-state index in [2.05, 4.69) is 16.3 Å². The molecule has 5 heteroatoms. The molecule has 0 bridgehead atoms. The molecule has 1 N–H and O–H groups in total. The summed E-state index contributed by atoms with van der Waals surface area (Å²) in [6.45, 7) is 4.63. The van der Waals surface area contributed by atoms with Crippen LogP contribution in [0.25, 0.3) is 0 Å². The number of benzene rings is 1. The minimum absolute atomic E-state index is 0.0345. The van der Waals surface area contributed by atoms with Gasteiger partial charge in [-0.3, -0.25) is 14.7 Å². The molecule has 132 valence electrons. The fourth-order valence-corrected chi connectivity index (χ4v) is 3.22. The lowest BCUT2D eigenvalue weighted by molar-refractivity contribution is -0.119. The number of hydrogen-bond donors (Lipinski definition) is 1. The van der Waals surface area contributed by atoms with Crippen LogP contribution >= 0.6 is 0 Å². The van der Waals surface area contributed by atoms with Gasteiger partial charge in [0.1, 0.15) is 12.4 Å². The largest absolute Gasteiger partial charge is 0.492 e. The molecule has 25 heavy (non-hydrogen) atoms. The minimum atomic E-state index is -0.0345. The molecule has 2 heterocycles. The molecule has 1 aromatic carbocycles. The number of carbonyl (C=O) groups excluding carboxylic acids is 1. The standard InChI is InChI=1S/C20H25N3O2/c1-16(24)21-15-17-7-5-10-19(22-17)20-11-6-12-23(20)13-14-25-18-8-3-2-4-9-18/h2-5,7-10,20H,6,11-15H2,1H3,(H,21,24). The summed E-state index contributed by atoms with van der Waals surface area (Å²) < 4.78 is 5.83. The van der Waals surface area contributed by atoms with Crippen LogP contribution in [0.3, 0.4) is 0 Å². The first-order chi connectivity index (χ1) is 12.2. The van der Waals surface area contributed by atoms with Crippen LogP contribution in [0.4, 0.5) is 0 Å². The molecule has 3 rings (SSSR count). The van der Waals surface area contributed by atoms with E-state index in [1.807, 2.05) is 42.5 Å². The second-order valence-electron chi connectivity index (χ2n) is 6.32. The number of amides is 1. The fourth-order valence-electron chi connectivity index (χ4n) is 3.22. The Morgan fingerprint density at radius 3 is 2.88 bits per heavy atom. The van der Waals surface area contributed by atoms with Gasteiger partial charge in [-0.1, -0.05) is 24.3 Å². The number of pyridine rings is 1. The number of likely N-dealkylation sites (tertiary alicyclic amines) is 1. The molecule has 5 nitrogen and oxygen atoms in total. The maximum atomic E-state index is 11.1. The molecule has 0 saturated carbocycles. The topological polar surface area (TPSA) is 54.5 Å². The van der Waals surface area contributed by atoms with Crippen molar-refractivity contribution in [1.29, 1.82) is 0 Å². The maximum absolute atomic E-state index is 11.1. The first-order valence-corrected chi connectivity index (χ1v) is 8.84. The highest BCUT2D eigenvalue weighted by Crippen LogP contribution is 2.30. The van der Waals surface area contributed by atoms with Crippen LogP contribution in [0.15, 0.2) is 48.5 Å². The summed E-state index contributed by atoms with van der Waals surface area (Å²) in [6.07, 6.45) is 2.29. The number of aromatic nitrogens is 1. The van der Waals surface area contributed by atoms with Crippen LogP contribution in [0, 0.1) is 0 Å². The number of ether oxygens (including phenoxy) is 1. The monoisotopic (exact) mass is 339 g/mol. The van der Waals surface area contributed by atoms with Gasteiger partial charge in [-0.2, -0.15) is 0 Å². The van der Waals surface area contributed by atoms with Gasteiger partial charge < -0.3 is 10.1 Å². The molecule has 0 radical (unpaired) electrons. The Morgan fingerprint density at radius 2 is 2.08 bits per heavy atom. The lowest BCUT2D eigenvalue weighted by atomic mass is 10.1. The van der Waals surface area contributed by atoms with Gasteiger partial charge in [0, 0.05) is 13.5 Å². The number of carbonyl (C=O) groups is 1. The Balaban J connectivity index is 1.57. The minimum Gasteiger partial charge on any atom is -0.492 e. The quantitative estimate of drug-likeness (QED) is 0.843. The van der Waals surface area contributed by atoms with Crippen molar-refractivity contribution >= 4 is 5.91 Å². The van der Waals surface area contributed by atoms with Crippen molar-refractivity contribution in [2.75, 3.05) is 19.7 Å². The third-order valence-electron chi connectivity index (χ3n) is 4.44. The summed E-state index contributed by atoms with van der Waals surface area (Å²) in [5.41, 5.74) is 1.99. The van der Waals surface area contributed by atoms with E-state index in [1.54, 1.807) is 0 Å². The predicted molar refractivity (Wildman–Crippen MR) is 97.2 cm³/mol. The Labute approximate surface area is 149 Å². The van der Waals surface area contributed by atoms with Crippen molar-refractivity contribution in [3.05, 3.63) is 59.9 Å². The van der Waals surface area contributed by atoms with E-state index in [4.69, 9.17) is 9.72 Å². The van der Waals surface area contributed by atoms with Gasteiger partial charge >= 0.3 is 0 Å². The molecule has 0 aliphatic carbocycles. The predicted octanol–water partition coefficient (Wildman–Crippen LogP) is 2.93. The van der Waals surface area contributed by atoms with Gasteiger partial charge in [-0.15, -0.1) is 0 Å². The van der Waals surface area contributed by atoms with Crippen LogP contribution in [-0.4, -0.2) is 35.5 Å². The van der Waals surface area contributed by atoms with Gasteiger partial charge in [0.2, 0.25) is 5.91 Å². The molecule has 1 unspecified atom stereocenters. The van der Waals surface area contributed by atoms with Crippen molar-refractivity contribution in [3.63, 3.8) is 0 Å². The number of nitrogens with zero attached hydrogens (tertiary/aromatic N) is 2. The lowest BCUT2D eigenvalue weighted by Gasteiger charge is -2.24. The van der Waals surface area contributed by atoms with Crippen molar-refractivity contribution < 1.29 is 9.53 Å². The molecule has 1 saturated heterocycles. The average Bonchev–Trinajstić information content (AvgIpc) is 3.10. The Kier molecular flexibility index (Phi) is 6.01. The molecular weight excluding hydrogens is 314 g/mol.